The van der Waals surface area contributed by atoms with Gasteiger partial charge in [-0.2, -0.15) is 0 Å². The van der Waals surface area contributed by atoms with Crippen molar-refractivity contribution < 1.29 is 9.18 Å². The third kappa shape index (κ3) is 4.22. The van der Waals surface area contributed by atoms with Gasteiger partial charge in [-0.25, -0.2) is 9.18 Å². The first kappa shape index (κ1) is 17.3. The number of likely N-dealkylation sites (N-methyl/N-ethyl adjacent to an activating group) is 1. The SMILES string of the molecule is CCNCCC1=C(N)N(Cc2ccc(F)cc2)C(=O)N(CC)C1. The molecule has 0 fully saturated rings. The molecule has 0 atom stereocenters. The summed E-state index contributed by atoms with van der Waals surface area (Å²) in [5, 5.41) is 3.28. The van der Waals surface area contributed by atoms with Gasteiger partial charge in [-0.3, -0.25) is 4.90 Å². The molecule has 0 aromatic heterocycles. The van der Waals surface area contributed by atoms with Crippen LogP contribution in [-0.4, -0.2) is 42.0 Å². The van der Waals surface area contributed by atoms with Crippen LogP contribution in [0.25, 0.3) is 0 Å². The van der Waals surface area contributed by atoms with E-state index in [0.29, 0.717) is 25.5 Å². The number of rotatable bonds is 7. The van der Waals surface area contributed by atoms with Crippen molar-refractivity contribution in [2.24, 2.45) is 5.73 Å². The maximum Gasteiger partial charge on any atom is 0.326 e. The number of hydrogen-bond donors (Lipinski definition) is 2. The lowest BCUT2D eigenvalue weighted by Gasteiger charge is -2.37. The van der Waals surface area contributed by atoms with E-state index in [-0.39, 0.29) is 11.8 Å². The molecule has 3 N–H and O–H groups in total. The van der Waals surface area contributed by atoms with Crippen LogP contribution >= 0.6 is 0 Å². The van der Waals surface area contributed by atoms with Gasteiger partial charge in [-0.05, 0) is 49.7 Å². The maximum atomic E-state index is 13.0. The molecule has 0 unspecified atom stereocenters. The first-order valence-corrected chi connectivity index (χ1v) is 8.05. The number of benzene rings is 1. The Morgan fingerprint density at radius 1 is 1.26 bits per heavy atom. The number of halogens is 1. The van der Waals surface area contributed by atoms with E-state index in [0.717, 1.165) is 30.6 Å². The second kappa shape index (κ2) is 7.97. The number of carbonyl (C=O) groups excluding carboxylic acids is 1. The van der Waals surface area contributed by atoms with Crippen molar-refractivity contribution in [2.75, 3.05) is 26.2 Å². The van der Waals surface area contributed by atoms with E-state index in [1.807, 2.05) is 6.92 Å². The molecule has 5 nitrogen and oxygen atoms in total. The van der Waals surface area contributed by atoms with Crippen molar-refractivity contribution in [1.82, 2.24) is 15.1 Å². The molecule has 0 bridgehead atoms. The number of nitrogens with two attached hydrogens (primary N) is 1. The number of hydrogen-bond acceptors (Lipinski definition) is 3. The fourth-order valence-corrected chi connectivity index (χ4v) is 2.64. The average Bonchev–Trinajstić information content (AvgIpc) is 2.55. The Hall–Kier alpha value is -2.08. The Morgan fingerprint density at radius 3 is 2.57 bits per heavy atom. The number of nitrogens with zero attached hydrogens (tertiary/aromatic N) is 2. The lowest BCUT2D eigenvalue weighted by Crippen LogP contribution is -2.50. The van der Waals surface area contributed by atoms with E-state index in [1.54, 1.807) is 21.9 Å². The van der Waals surface area contributed by atoms with Crippen LogP contribution in [0.5, 0.6) is 0 Å². The fourth-order valence-electron chi connectivity index (χ4n) is 2.64. The summed E-state index contributed by atoms with van der Waals surface area (Å²) >= 11 is 0. The minimum Gasteiger partial charge on any atom is -0.385 e. The van der Waals surface area contributed by atoms with Gasteiger partial charge in [0.1, 0.15) is 11.6 Å². The normalized spacial score (nSPS) is 15.5. The lowest BCUT2D eigenvalue weighted by atomic mass is 10.1. The summed E-state index contributed by atoms with van der Waals surface area (Å²) in [7, 11) is 0. The van der Waals surface area contributed by atoms with Gasteiger partial charge in [0.25, 0.3) is 0 Å². The van der Waals surface area contributed by atoms with E-state index in [1.165, 1.54) is 12.1 Å². The second-order valence-corrected chi connectivity index (χ2v) is 5.60. The smallest absolute Gasteiger partial charge is 0.326 e. The van der Waals surface area contributed by atoms with Crippen molar-refractivity contribution in [1.29, 1.82) is 0 Å². The van der Waals surface area contributed by atoms with Crippen LogP contribution in [0.1, 0.15) is 25.8 Å². The van der Waals surface area contributed by atoms with Gasteiger partial charge in [0, 0.05) is 13.1 Å². The molecule has 1 heterocycles. The van der Waals surface area contributed by atoms with Crippen molar-refractivity contribution >= 4 is 6.03 Å². The Bertz CT molecular complexity index is 570. The van der Waals surface area contributed by atoms with Gasteiger partial charge in [0.15, 0.2) is 0 Å². The zero-order valence-electron chi connectivity index (χ0n) is 13.8. The van der Waals surface area contributed by atoms with Crippen molar-refractivity contribution in [2.45, 2.75) is 26.8 Å². The molecule has 1 aliphatic rings. The van der Waals surface area contributed by atoms with Gasteiger partial charge in [0.05, 0.1) is 6.54 Å². The molecule has 1 aromatic carbocycles. The number of carbonyl (C=O) groups is 1. The Balaban J connectivity index is 2.20. The minimum absolute atomic E-state index is 0.0958. The molecule has 6 heteroatoms. The van der Waals surface area contributed by atoms with Crippen LogP contribution in [0.4, 0.5) is 9.18 Å². The molecular formula is C17H25FN4O. The van der Waals surface area contributed by atoms with Crippen LogP contribution in [0.15, 0.2) is 35.7 Å². The molecule has 126 valence electrons. The molecular weight excluding hydrogens is 295 g/mol. The zero-order valence-corrected chi connectivity index (χ0v) is 13.8. The topological polar surface area (TPSA) is 61.6 Å². The van der Waals surface area contributed by atoms with Crippen molar-refractivity contribution in [3.63, 3.8) is 0 Å². The van der Waals surface area contributed by atoms with E-state index < -0.39 is 0 Å². The summed E-state index contributed by atoms with van der Waals surface area (Å²) in [5.41, 5.74) is 8.16. The summed E-state index contributed by atoms with van der Waals surface area (Å²) in [4.78, 5) is 15.9. The highest BCUT2D eigenvalue weighted by molar-refractivity contribution is 5.78. The maximum absolute atomic E-state index is 13.0. The highest BCUT2D eigenvalue weighted by atomic mass is 19.1. The Morgan fingerprint density at radius 2 is 1.96 bits per heavy atom. The third-order valence-corrected chi connectivity index (χ3v) is 4.03. The fraction of sp³-hybridized carbons (Fsp3) is 0.471. The summed E-state index contributed by atoms with van der Waals surface area (Å²) in [6.07, 6.45) is 0.809. The summed E-state index contributed by atoms with van der Waals surface area (Å²) in [6.45, 7) is 7.32. The number of nitrogens with one attached hydrogen (secondary N) is 1. The van der Waals surface area contributed by atoms with Gasteiger partial charge in [-0.15, -0.1) is 0 Å². The molecule has 0 saturated heterocycles. The van der Waals surface area contributed by atoms with E-state index in [9.17, 15) is 9.18 Å². The van der Waals surface area contributed by atoms with Crippen LogP contribution in [0.3, 0.4) is 0 Å². The Kier molecular flexibility index (Phi) is 5.98. The number of urea groups is 1. The molecule has 1 aromatic rings. The minimum atomic E-state index is -0.288. The standard InChI is InChI=1S/C17H25FN4O/c1-3-20-10-9-14-12-21(4-2)17(23)22(16(14)19)11-13-5-7-15(18)8-6-13/h5-8,20H,3-4,9-12,19H2,1-2H3. The lowest BCUT2D eigenvalue weighted by molar-refractivity contribution is 0.159. The molecule has 0 spiro atoms. The molecule has 0 aliphatic carbocycles. The van der Waals surface area contributed by atoms with Crippen molar-refractivity contribution in [3.05, 3.63) is 47.0 Å². The predicted molar refractivity (Wildman–Crippen MR) is 89.0 cm³/mol. The van der Waals surface area contributed by atoms with Crippen molar-refractivity contribution in [3.8, 4) is 0 Å². The zero-order chi connectivity index (χ0) is 16.8. The Labute approximate surface area is 136 Å². The highest BCUT2D eigenvalue weighted by Crippen LogP contribution is 2.22. The van der Waals surface area contributed by atoms with E-state index >= 15 is 0 Å². The van der Waals surface area contributed by atoms with Crippen LogP contribution in [0.2, 0.25) is 0 Å². The summed E-state index contributed by atoms with van der Waals surface area (Å²) in [6, 6.07) is 6.06. The largest absolute Gasteiger partial charge is 0.385 e. The molecule has 23 heavy (non-hydrogen) atoms. The second-order valence-electron chi connectivity index (χ2n) is 5.60. The molecule has 2 rings (SSSR count). The molecule has 0 saturated carbocycles. The molecule has 0 radical (unpaired) electrons. The van der Waals surface area contributed by atoms with Gasteiger partial charge in [0.2, 0.25) is 0 Å². The predicted octanol–water partition coefficient (Wildman–Crippen LogP) is 2.25. The van der Waals surface area contributed by atoms with Crippen LogP contribution < -0.4 is 11.1 Å². The van der Waals surface area contributed by atoms with Gasteiger partial charge in [-0.1, -0.05) is 19.1 Å². The molecule has 2 amide bonds. The monoisotopic (exact) mass is 320 g/mol. The van der Waals surface area contributed by atoms with Crippen LogP contribution in [-0.2, 0) is 6.54 Å². The quantitative estimate of drug-likeness (QED) is 0.758. The molecule has 1 aliphatic heterocycles. The van der Waals surface area contributed by atoms with E-state index in [4.69, 9.17) is 5.73 Å². The van der Waals surface area contributed by atoms with Crippen LogP contribution in [0, 0.1) is 5.82 Å². The first-order chi connectivity index (χ1) is 11.1. The highest BCUT2D eigenvalue weighted by Gasteiger charge is 2.29. The number of amides is 2. The average molecular weight is 320 g/mol. The third-order valence-electron chi connectivity index (χ3n) is 4.03. The summed E-state index contributed by atoms with van der Waals surface area (Å²) in [5.74, 6) is 0.241. The first-order valence-electron chi connectivity index (χ1n) is 8.05. The summed E-state index contributed by atoms with van der Waals surface area (Å²) < 4.78 is 13.0. The van der Waals surface area contributed by atoms with E-state index in [2.05, 4.69) is 12.2 Å². The van der Waals surface area contributed by atoms with Gasteiger partial charge < -0.3 is 16.0 Å². The van der Waals surface area contributed by atoms with Gasteiger partial charge >= 0.3 is 6.03 Å².